The number of amides is 1. The van der Waals surface area contributed by atoms with Crippen LogP contribution in [0.25, 0.3) is 0 Å². The van der Waals surface area contributed by atoms with Crippen molar-refractivity contribution in [1.29, 1.82) is 0 Å². The van der Waals surface area contributed by atoms with Crippen LogP contribution in [0.4, 0.5) is 5.69 Å². The van der Waals surface area contributed by atoms with Gasteiger partial charge in [0.25, 0.3) is 15.9 Å². The first kappa shape index (κ1) is 20.5. The summed E-state index contributed by atoms with van der Waals surface area (Å²) in [6, 6.07) is 10.8. The van der Waals surface area contributed by atoms with Crippen molar-refractivity contribution in [2.45, 2.75) is 30.3 Å². The fourth-order valence-corrected chi connectivity index (χ4v) is 4.40. The minimum atomic E-state index is -3.82. The first-order valence-electron chi connectivity index (χ1n) is 9.94. The fourth-order valence-electron chi connectivity index (χ4n) is 3.33. The average molecular weight is 432 g/mol. The summed E-state index contributed by atoms with van der Waals surface area (Å²) in [5.74, 6) is 0.723. The van der Waals surface area contributed by atoms with Crippen LogP contribution in [0.2, 0.25) is 0 Å². The smallest absolute Gasteiger partial charge is 0.262 e. The Hall–Kier alpha value is -2.78. The summed E-state index contributed by atoms with van der Waals surface area (Å²) in [5, 5.41) is 2.84. The molecule has 1 atom stereocenters. The molecular formula is C21H24N2O6S. The van der Waals surface area contributed by atoms with Gasteiger partial charge in [-0.2, -0.15) is 0 Å². The van der Waals surface area contributed by atoms with Gasteiger partial charge >= 0.3 is 0 Å². The zero-order valence-electron chi connectivity index (χ0n) is 16.4. The van der Waals surface area contributed by atoms with Crippen molar-refractivity contribution in [2.75, 3.05) is 31.1 Å². The highest BCUT2D eigenvalue weighted by Crippen LogP contribution is 2.32. The van der Waals surface area contributed by atoms with Crippen LogP contribution < -0.4 is 19.5 Å². The zero-order chi connectivity index (χ0) is 21.0. The molecule has 30 heavy (non-hydrogen) atoms. The molecule has 0 spiro atoms. The molecule has 4 rings (SSSR count). The Morgan fingerprint density at radius 1 is 0.967 bits per heavy atom. The van der Waals surface area contributed by atoms with Gasteiger partial charge in [-0.1, -0.05) is 0 Å². The molecule has 2 aliphatic rings. The summed E-state index contributed by atoms with van der Waals surface area (Å²) < 4.78 is 44.6. The fraction of sp³-hybridized carbons (Fsp3) is 0.381. The van der Waals surface area contributed by atoms with E-state index in [0.717, 1.165) is 25.9 Å². The summed E-state index contributed by atoms with van der Waals surface area (Å²) in [5.41, 5.74) is 0.810. The maximum absolute atomic E-state index is 12.7. The van der Waals surface area contributed by atoms with Gasteiger partial charge in [0, 0.05) is 36.9 Å². The van der Waals surface area contributed by atoms with Crippen molar-refractivity contribution in [3.05, 3.63) is 48.0 Å². The molecule has 2 aliphatic heterocycles. The monoisotopic (exact) mass is 432 g/mol. The molecule has 2 N–H and O–H groups in total. The van der Waals surface area contributed by atoms with E-state index in [0.29, 0.717) is 42.5 Å². The van der Waals surface area contributed by atoms with Crippen molar-refractivity contribution in [2.24, 2.45) is 0 Å². The molecule has 160 valence electrons. The van der Waals surface area contributed by atoms with E-state index in [4.69, 9.17) is 14.2 Å². The normalized spacial score (nSPS) is 18.5. The van der Waals surface area contributed by atoms with Crippen LogP contribution in [0.1, 0.15) is 29.6 Å². The number of anilines is 1. The third-order valence-electron chi connectivity index (χ3n) is 4.94. The Kier molecular flexibility index (Phi) is 6.10. The number of hydrogen-bond acceptors (Lipinski definition) is 6. The zero-order valence-corrected chi connectivity index (χ0v) is 17.2. The minimum absolute atomic E-state index is 0.0651. The van der Waals surface area contributed by atoms with E-state index in [9.17, 15) is 13.2 Å². The van der Waals surface area contributed by atoms with Crippen LogP contribution in [0.3, 0.4) is 0 Å². The lowest BCUT2D eigenvalue weighted by Crippen LogP contribution is -2.31. The van der Waals surface area contributed by atoms with Crippen molar-refractivity contribution < 1.29 is 27.4 Å². The molecule has 0 aromatic heterocycles. The predicted octanol–water partition coefficient (Wildman–Crippen LogP) is 2.56. The molecule has 0 unspecified atom stereocenters. The number of carbonyl (C=O) groups excluding carboxylic acids is 1. The number of benzene rings is 2. The van der Waals surface area contributed by atoms with Crippen LogP contribution >= 0.6 is 0 Å². The molecular weight excluding hydrogens is 408 g/mol. The second-order valence-corrected chi connectivity index (χ2v) is 8.87. The number of hydrogen-bond donors (Lipinski definition) is 2. The van der Waals surface area contributed by atoms with Crippen LogP contribution in [0, 0.1) is 0 Å². The van der Waals surface area contributed by atoms with E-state index in [1.807, 2.05) is 0 Å². The number of nitrogens with one attached hydrogen (secondary N) is 2. The number of sulfonamides is 1. The Morgan fingerprint density at radius 2 is 1.73 bits per heavy atom. The van der Waals surface area contributed by atoms with Crippen molar-refractivity contribution in [3.8, 4) is 11.5 Å². The molecule has 2 aromatic carbocycles. The molecule has 8 nitrogen and oxygen atoms in total. The topological polar surface area (TPSA) is 103 Å². The van der Waals surface area contributed by atoms with Gasteiger partial charge in [-0.3, -0.25) is 9.52 Å². The first-order chi connectivity index (χ1) is 14.5. The summed E-state index contributed by atoms with van der Waals surface area (Å²) in [6.07, 6.45) is 2.76. The Labute approximate surface area is 175 Å². The summed E-state index contributed by atoms with van der Waals surface area (Å²) in [7, 11) is -3.82. The van der Waals surface area contributed by atoms with Crippen LogP contribution in [0.15, 0.2) is 47.4 Å². The van der Waals surface area contributed by atoms with Gasteiger partial charge in [-0.15, -0.1) is 0 Å². The van der Waals surface area contributed by atoms with E-state index in [1.165, 1.54) is 12.1 Å². The molecule has 2 aromatic rings. The van der Waals surface area contributed by atoms with Gasteiger partial charge in [-0.05, 0) is 49.2 Å². The number of ether oxygens (including phenoxy) is 3. The van der Waals surface area contributed by atoms with Crippen LogP contribution in [0.5, 0.6) is 11.5 Å². The van der Waals surface area contributed by atoms with Crippen molar-refractivity contribution >= 4 is 21.6 Å². The first-order valence-corrected chi connectivity index (χ1v) is 11.4. The maximum atomic E-state index is 12.7. The molecule has 0 saturated carbocycles. The summed E-state index contributed by atoms with van der Waals surface area (Å²) >= 11 is 0. The highest BCUT2D eigenvalue weighted by atomic mass is 32.2. The Balaban J connectivity index is 1.40. The van der Waals surface area contributed by atoms with Crippen molar-refractivity contribution in [1.82, 2.24) is 5.32 Å². The molecule has 1 fully saturated rings. The van der Waals surface area contributed by atoms with E-state index >= 15 is 0 Å². The van der Waals surface area contributed by atoms with Gasteiger partial charge in [0.15, 0.2) is 11.5 Å². The number of rotatable bonds is 6. The molecule has 1 amide bonds. The highest BCUT2D eigenvalue weighted by molar-refractivity contribution is 7.92. The largest absolute Gasteiger partial charge is 0.490 e. The lowest BCUT2D eigenvalue weighted by Gasteiger charge is -2.12. The third kappa shape index (κ3) is 4.85. The van der Waals surface area contributed by atoms with E-state index in [2.05, 4.69) is 10.0 Å². The maximum Gasteiger partial charge on any atom is 0.262 e. The van der Waals surface area contributed by atoms with Gasteiger partial charge in [0.2, 0.25) is 0 Å². The Morgan fingerprint density at radius 3 is 2.47 bits per heavy atom. The average Bonchev–Trinajstić information content (AvgIpc) is 3.15. The molecule has 2 heterocycles. The van der Waals surface area contributed by atoms with Gasteiger partial charge in [-0.25, -0.2) is 8.42 Å². The van der Waals surface area contributed by atoms with Crippen molar-refractivity contribution in [3.63, 3.8) is 0 Å². The van der Waals surface area contributed by atoms with E-state index in [1.54, 1.807) is 30.3 Å². The Bertz CT molecular complexity index is 1000. The molecule has 0 aliphatic carbocycles. The number of carbonyl (C=O) groups is 1. The van der Waals surface area contributed by atoms with Crippen LogP contribution in [-0.4, -0.2) is 46.8 Å². The molecule has 1 saturated heterocycles. The standard InChI is InChI=1S/C21H24N2O6S/c24-21(22-14-17-3-1-10-27-17)15-4-6-16(7-5-15)23-30(25,26)18-8-9-19-20(13-18)29-12-2-11-28-19/h4-9,13,17,23H,1-3,10-12,14H2,(H,22,24)/t17-/m0/s1. The highest BCUT2D eigenvalue weighted by Gasteiger charge is 2.20. The minimum Gasteiger partial charge on any atom is -0.490 e. The van der Waals surface area contributed by atoms with Gasteiger partial charge < -0.3 is 19.5 Å². The second-order valence-electron chi connectivity index (χ2n) is 7.19. The molecule has 0 radical (unpaired) electrons. The van der Waals surface area contributed by atoms with Gasteiger partial charge in [0.05, 0.1) is 24.2 Å². The lowest BCUT2D eigenvalue weighted by atomic mass is 10.2. The molecule has 0 bridgehead atoms. The third-order valence-corrected chi connectivity index (χ3v) is 6.32. The van der Waals surface area contributed by atoms with E-state index in [-0.39, 0.29) is 16.9 Å². The predicted molar refractivity (Wildman–Crippen MR) is 111 cm³/mol. The van der Waals surface area contributed by atoms with Crippen LogP contribution in [-0.2, 0) is 14.8 Å². The van der Waals surface area contributed by atoms with E-state index < -0.39 is 10.0 Å². The SMILES string of the molecule is O=C(NC[C@@H]1CCCO1)c1ccc(NS(=O)(=O)c2ccc3c(c2)OCCCO3)cc1. The lowest BCUT2D eigenvalue weighted by molar-refractivity contribution is 0.0858. The van der Waals surface area contributed by atoms with Gasteiger partial charge in [0.1, 0.15) is 0 Å². The quantitative estimate of drug-likeness (QED) is 0.727. The number of fused-ring (bicyclic) bond motifs is 1. The second kappa shape index (κ2) is 8.93. The summed E-state index contributed by atoms with van der Waals surface area (Å²) in [6.45, 7) is 2.21. The summed E-state index contributed by atoms with van der Waals surface area (Å²) in [4.78, 5) is 12.3. The molecule has 9 heteroatoms.